The lowest BCUT2D eigenvalue weighted by atomic mass is 10.1. The number of carbonyl (C=O) groups excluding carboxylic acids is 2. The molecule has 0 spiro atoms. The molecule has 3 aromatic rings. The van der Waals surface area contributed by atoms with E-state index in [4.69, 9.17) is 5.73 Å². The number of amides is 2. The summed E-state index contributed by atoms with van der Waals surface area (Å²) in [5.74, 6) is -0.751. The van der Waals surface area contributed by atoms with Gasteiger partial charge in [-0.1, -0.05) is 36.9 Å². The lowest BCUT2D eigenvalue weighted by Gasteiger charge is -2.08. The van der Waals surface area contributed by atoms with Gasteiger partial charge in [-0.25, -0.2) is 4.98 Å². The van der Waals surface area contributed by atoms with Crippen molar-refractivity contribution in [3.8, 4) is 0 Å². The van der Waals surface area contributed by atoms with E-state index in [1.807, 2.05) is 24.3 Å². The van der Waals surface area contributed by atoms with Gasteiger partial charge >= 0.3 is 0 Å². The second kappa shape index (κ2) is 9.39. The van der Waals surface area contributed by atoms with Crippen LogP contribution in [-0.4, -0.2) is 27.5 Å². The van der Waals surface area contributed by atoms with Crippen molar-refractivity contribution in [2.45, 2.75) is 18.5 Å². The van der Waals surface area contributed by atoms with Crippen molar-refractivity contribution in [2.75, 3.05) is 22.1 Å². The number of carbonyl (C=O) groups is 2. The van der Waals surface area contributed by atoms with Crippen molar-refractivity contribution in [1.82, 2.24) is 9.97 Å². The summed E-state index contributed by atoms with van der Waals surface area (Å²) in [5.41, 5.74) is 7.00. The molecular weight excluding hydrogens is 410 g/mol. The number of nitrogens with one attached hydrogen (secondary N) is 3. The molecule has 2 amide bonds. The molecule has 0 radical (unpaired) electrons. The molecule has 0 atom stereocenters. The molecule has 0 bridgehead atoms. The molecule has 150 valence electrons. The zero-order chi connectivity index (χ0) is 20.8. The summed E-state index contributed by atoms with van der Waals surface area (Å²) in [6, 6.07) is 10.9. The first-order valence-corrected chi connectivity index (χ1v) is 10.6. The van der Waals surface area contributed by atoms with Crippen LogP contribution in [0.1, 0.15) is 22.2 Å². The van der Waals surface area contributed by atoms with Crippen molar-refractivity contribution in [3.05, 3.63) is 62.6 Å². The summed E-state index contributed by atoms with van der Waals surface area (Å²) in [6.07, 6.45) is 0.925. The Kier molecular flexibility index (Phi) is 6.68. The van der Waals surface area contributed by atoms with Crippen LogP contribution >= 0.6 is 23.1 Å². The number of aromatic amines is 1. The minimum Gasteiger partial charge on any atom is -0.382 e. The topological polar surface area (TPSA) is 130 Å². The average Bonchev–Trinajstić information content (AvgIpc) is 3.24. The van der Waals surface area contributed by atoms with Crippen molar-refractivity contribution in [2.24, 2.45) is 0 Å². The molecule has 0 fully saturated rings. The molecule has 10 heteroatoms. The average molecular weight is 430 g/mol. The van der Waals surface area contributed by atoms with Crippen molar-refractivity contribution in [1.29, 1.82) is 0 Å². The van der Waals surface area contributed by atoms with Gasteiger partial charge in [0.2, 0.25) is 5.91 Å². The van der Waals surface area contributed by atoms with Crippen LogP contribution in [0.4, 0.5) is 17.2 Å². The fraction of sp³-hybridized carbons (Fsp3) is 0.158. The molecule has 1 aromatic carbocycles. The van der Waals surface area contributed by atoms with Crippen LogP contribution in [0.2, 0.25) is 0 Å². The number of nitrogen functional groups attached to an aromatic ring is 1. The van der Waals surface area contributed by atoms with Gasteiger partial charge in [0, 0.05) is 5.69 Å². The number of aromatic nitrogens is 2. The van der Waals surface area contributed by atoms with Crippen LogP contribution in [-0.2, 0) is 11.2 Å². The first-order chi connectivity index (χ1) is 14.0. The number of nitrogens with two attached hydrogens (primary N) is 1. The second-order valence-electron chi connectivity index (χ2n) is 5.95. The fourth-order valence-electron chi connectivity index (χ4n) is 2.40. The van der Waals surface area contributed by atoms with Crippen molar-refractivity contribution < 1.29 is 9.59 Å². The van der Waals surface area contributed by atoms with E-state index in [0.29, 0.717) is 10.6 Å². The zero-order valence-corrected chi connectivity index (χ0v) is 17.2. The van der Waals surface area contributed by atoms with Gasteiger partial charge in [-0.2, -0.15) is 0 Å². The summed E-state index contributed by atoms with van der Waals surface area (Å²) >= 11 is 2.28. The predicted octanol–water partition coefficient (Wildman–Crippen LogP) is 2.96. The van der Waals surface area contributed by atoms with E-state index < -0.39 is 11.5 Å². The summed E-state index contributed by atoms with van der Waals surface area (Å²) in [7, 11) is 0. The van der Waals surface area contributed by atoms with Crippen LogP contribution in [0.5, 0.6) is 0 Å². The zero-order valence-electron chi connectivity index (χ0n) is 15.5. The van der Waals surface area contributed by atoms with Crippen LogP contribution in [0, 0.1) is 0 Å². The van der Waals surface area contributed by atoms with E-state index in [2.05, 4.69) is 27.5 Å². The quantitative estimate of drug-likeness (QED) is 0.337. The highest BCUT2D eigenvalue weighted by Gasteiger charge is 2.15. The number of aryl methyl sites for hydroxylation is 1. The fourth-order valence-corrected chi connectivity index (χ4v) is 3.68. The second-order valence-corrected chi connectivity index (χ2v) is 7.86. The SMILES string of the molecule is CCc1ccc(NC(=O)CSc2nc(N)c(NC(=O)c3cccs3)c(=O)[nH]2)cc1. The van der Waals surface area contributed by atoms with Crippen LogP contribution in [0.15, 0.2) is 51.7 Å². The molecule has 2 heterocycles. The lowest BCUT2D eigenvalue weighted by molar-refractivity contribution is -0.113. The number of rotatable bonds is 7. The maximum absolute atomic E-state index is 12.3. The number of benzene rings is 1. The van der Waals surface area contributed by atoms with E-state index >= 15 is 0 Å². The molecule has 29 heavy (non-hydrogen) atoms. The molecule has 0 aliphatic carbocycles. The van der Waals surface area contributed by atoms with Crippen molar-refractivity contribution >= 4 is 52.1 Å². The monoisotopic (exact) mass is 429 g/mol. The maximum Gasteiger partial charge on any atom is 0.277 e. The molecule has 0 saturated heterocycles. The Bertz CT molecular complexity index is 1060. The van der Waals surface area contributed by atoms with Crippen LogP contribution in [0.25, 0.3) is 0 Å². The Morgan fingerprint density at radius 3 is 2.59 bits per heavy atom. The van der Waals surface area contributed by atoms with Gasteiger partial charge in [0.1, 0.15) is 0 Å². The van der Waals surface area contributed by atoms with Gasteiger partial charge in [-0.3, -0.25) is 19.4 Å². The smallest absolute Gasteiger partial charge is 0.277 e. The first kappa shape index (κ1) is 20.6. The Morgan fingerprint density at radius 1 is 1.21 bits per heavy atom. The molecule has 0 unspecified atom stereocenters. The summed E-state index contributed by atoms with van der Waals surface area (Å²) in [6.45, 7) is 2.06. The lowest BCUT2D eigenvalue weighted by Crippen LogP contribution is -2.23. The number of nitrogens with zero attached hydrogens (tertiary/aromatic N) is 1. The van der Waals surface area contributed by atoms with E-state index in [0.717, 1.165) is 18.2 Å². The Labute approximate surface area is 174 Å². The first-order valence-electron chi connectivity index (χ1n) is 8.72. The largest absolute Gasteiger partial charge is 0.382 e. The minimum absolute atomic E-state index is 0.0405. The minimum atomic E-state index is -0.583. The molecule has 0 aliphatic rings. The highest BCUT2D eigenvalue weighted by molar-refractivity contribution is 7.99. The molecular formula is C19H19N5O3S2. The Morgan fingerprint density at radius 2 is 1.97 bits per heavy atom. The van der Waals surface area contributed by atoms with Gasteiger partial charge in [-0.05, 0) is 35.6 Å². The van der Waals surface area contributed by atoms with E-state index in [9.17, 15) is 14.4 Å². The highest BCUT2D eigenvalue weighted by atomic mass is 32.2. The van der Waals surface area contributed by atoms with E-state index in [1.54, 1.807) is 17.5 Å². The van der Waals surface area contributed by atoms with Crippen LogP contribution < -0.4 is 21.9 Å². The molecule has 8 nitrogen and oxygen atoms in total. The third-order valence-electron chi connectivity index (χ3n) is 3.90. The van der Waals surface area contributed by atoms with Gasteiger partial charge in [-0.15, -0.1) is 11.3 Å². The number of thiophene rings is 1. The van der Waals surface area contributed by atoms with E-state index in [1.165, 1.54) is 16.9 Å². The number of hydrogen-bond acceptors (Lipinski definition) is 7. The van der Waals surface area contributed by atoms with Gasteiger partial charge in [0.25, 0.3) is 11.5 Å². The highest BCUT2D eigenvalue weighted by Crippen LogP contribution is 2.19. The number of H-pyrrole nitrogens is 1. The van der Waals surface area contributed by atoms with Crippen molar-refractivity contribution in [3.63, 3.8) is 0 Å². The third kappa shape index (κ3) is 5.46. The standard InChI is InChI=1S/C19H19N5O3S2/c1-2-11-5-7-12(8-6-11)21-14(25)10-29-19-23-16(20)15(18(27)24-19)22-17(26)13-4-3-9-28-13/h3-9H,2,10H2,1H3,(H,21,25)(H,22,26)(H3,20,23,24,27). The number of thioether (sulfide) groups is 1. The number of anilines is 3. The normalized spacial score (nSPS) is 10.5. The summed E-state index contributed by atoms with van der Waals surface area (Å²) < 4.78 is 0. The van der Waals surface area contributed by atoms with Gasteiger partial charge in [0.05, 0.1) is 10.6 Å². The molecule has 0 saturated carbocycles. The molecule has 3 rings (SSSR count). The summed E-state index contributed by atoms with van der Waals surface area (Å²) in [4.78, 5) is 43.5. The van der Waals surface area contributed by atoms with Crippen LogP contribution in [0.3, 0.4) is 0 Å². The third-order valence-corrected chi connectivity index (χ3v) is 5.64. The van der Waals surface area contributed by atoms with Gasteiger partial charge in [0.15, 0.2) is 16.7 Å². The van der Waals surface area contributed by atoms with E-state index in [-0.39, 0.29) is 28.3 Å². The Balaban J connectivity index is 1.60. The predicted molar refractivity (Wildman–Crippen MR) is 117 cm³/mol. The number of hydrogen-bond donors (Lipinski definition) is 4. The maximum atomic E-state index is 12.3. The van der Waals surface area contributed by atoms with Gasteiger partial charge < -0.3 is 16.4 Å². The Hall–Kier alpha value is -3.11. The molecule has 0 aliphatic heterocycles. The molecule has 5 N–H and O–H groups in total. The molecule has 2 aromatic heterocycles. The summed E-state index contributed by atoms with van der Waals surface area (Å²) in [5, 5.41) is 7.19.